The normalized spacial score (nSPS) is 12.2. The summed E-state index contributed by atoms with van der Waals surface area (Å²) >= 11 is 0. The minimum Gasteiger partial charge on any atom is -0.307 e. The molecule has 104 valence electrons. The number of hydrogen-bond acceptors (Lipinski definition) is 4. The van der Waals surface area contributed by atoms with Gasteiger partial charge in [-0.15, -0.1) is 0 Å². The highest BCUT2D eigenvalue weighted by molar-refractivity contribution is 7.85. The molecule has 0 atom stereocenters. The number of hydrogen-bond donors (Lipinski definition) is 1. The molecule has 0 aliphatic rings. The first-order valence-electron chi connectivity index (χ1n) is 5.90. The standard InChI is InChI=1S/C13H12N2O4S/c1-20(17,18)19-8-9-4-5-10-11(7-9)14-13(16)15-6-2-3-12(10)15/h2-7H,8H2,1H3,(H,14,16). The second-order valence-electron chi connectivity index (χ2n) is 4.54. The predicted octanol–water partition coefficient (Wildman–Crippen LogP) is 1.26. The Balaban J connectivity index is 2.12. The van der Waals surface area contributed by atoms with E-state index in [9.17, 15) is 13.2 Å². The van der Waals surface area contributed by atoms with Gasteiger partial charge in [0.2, 0.25) is 0 Å². The number of aromatic amines is 1. The maximum atomic E-state index is 11.9. The first-order valence-corrected chi connectivity index (χ1v) is 7.72. The van der Waals surface area contributed by atoms with Crippen LogP contribution in [-0.4, -0.2) is 24.1 Å². The van der Waals surface area contributed by atoms with Gasteiger partial charge in [0, 0.05) is 11.6 Å². The average Bonchev–Trinajstić information content (AvgIpc) is 2.85. The summed E-state index contributed by atoms with van der Waals surface area (Å²) in [4.78, 5) is 14.6. The van der Waals surface area contributed by atoms with Gasteiger partial charge in [-0.25, -0.2) is 4.79 Å². The van der Waals surface area contributed by atoms with Gasteiger partial charge < -0.3 is 4.98 Å². The fourth-order valence-corrected chi connectivity index (χ4v) is 2.49. The van der Waals surface area contributed by atoms with Crippen molar-refractivity contribution < 1.29 is 12.6 Å². The van der Waals surface area contributed by atoms with Crippen molar-refractivity contribution in [2.75, 3.05) is 6.26 Å². The molecule has 1 N–H and O–H groups in total. The molecular weight excluding hydrogens is 280 g/mol. The van der Waals surface area contributed by atoms with Gasteiger partial charge in [-0.2, -0.15) is 8.42 Å². The molecule has 2 aromatic heterocycles. The van der Waals surface area contributed by atoms with E-state index in [1.807, 2.05) is 12.1 Å². The molecule has 0 bridgehead atoms. The second-order valence-corrected chi connectivity index (χ2v) is 6.18. The van der Waals surface area contributed by atoms with E-state index < -0.39 is 10.1 Å². The molecule has 1 aromatic carbocycles. The maximum Gasteiger partial charge on any atom is 0.330 e. The van der Waals surface area contributed by atoms with Crippen LogP contribution in [0.5, 0.6) is 0 Å². The van der Waals surface area contributed by atoms with Crippen LogP contribution in [0.4, 0.5) is 0 Å². The van der Waals surface area contributed by atoms with Crippen molar-refractivity contribution >= 4 is 26.5 Å². The number of rotatable bonds is 3. The number of H-pyrrole nitrogens is 1. The Labute approximate surface area is 114 Å². The third kappa shape index (κ3) is 2.33. The Kier molecular flexibility index (Phi) is 2.88. The van der Waals surface area contributed by atoms with Crippen molar-refractivity contribution in [2.45, 2.75) is 6.61 Å². The van der Waals surface area contributed by atoms with E-state index in [-0.39, 0.29) is 12.3 Å². The third-order valence-corrected chi connectivity index (χ3v) is 3.55. The number of aromatic nitrogens is 2. The molecule has 0 aliphatic heterocycles. The van der Waals surface area contributed by atoms with Gasteiger partial charge in [-0.05, 0) is 23.8 Å². The Morgan fingerprint density at radius 2 is 2.10 bits per heavy atom. The zero-order valence-corrected chi connectivity index (χ0v) is 11.5. The molecule has 0 radical (unpaired) electrons. The van der Waals surface area contributed by atoms with Gasteiger partial charge in [0.1, 0.15) is 0 Å². The molecule has 3 aromatic rings. The van der Waals surface area contributed by atoms with Crippen LogP contribution in [-0.2, 0) is 20.9 Å². The van der Waals surface area contributed by atoms with Crippen molar-refractivity contribution in [1.82, 2.24) is 9.38 Å². The first-order chi connectivity index (χ1) is 9.44. The van der Waals surface area contributed by atoms with E-state index in [0.29, 0.717) is 11.1 Å². The van der Waals surface area contributed by atoms with Crippen LogP contribution in [0.15, 0.2) is 41.3 Å². The summed E-state index contributed by atoms with van der Waals surface area (Å²) in [6.45, 7) is -0.0526. The van der Waals surface area contributed by atoms with Gasteiger partial charge in [0.25, 0.3) is 10.1 Å². The molecule has 7 heteroatoms. The van der Waals surface area contributed by atoms with Gasteiger partial charge >= 0.3 is 5.69 Å². The first kappa shape index (κ1) is 12.9. The average molecular weight is 292 g/mol. The number of fused-ring (bicyclic) bond motifs is 3. The Bertz CT molecular complexity index is 953. The van der Waals surface area contributed by atoms with E-state index in [4.69, 9.17) is 4.18 Å². The van der Waals surface area contributed by atoms with E-state index in [1.54, 1.807) is 24.4 Å². The van der Waals surface area contributed by atoms with Gasteiger partial charge in [-0.1, -0.05) is 12.1 Å². The lowest BCUT2D eigenvalue weighted by Gasteiger charge is -2.05. The van der Waals surface area contributed by atoms with Crippen LogP contribution >= 0.6 is 0 Å². The fraction of sp³-hybridized carbons (Fsp3) is 0.154. The highest BCUT2D eigenvalue weighted by Gasteiger charge is 2.07. The van der Waals surface area contributed by atoms with Crippen LogP contribution in [0.3, 0.4) is 0 Å². The van der Waals surface area contributed by atoms with E-state index in [1.165, 1.54) is 4.40 Å². The largest absolute Gasteiger partial charge is 0.330 e. The van der Waals surface area contributed by atoms with Crippen LogP contribution in [0.2, 0.25) is 0 Å². The maximum absolute atomic E-state index is 11.9. The highest BCUT2D eigenvalue weighted by Crippen LogP contribution is 2.19. The number of nitrogens with zero attached hydrogens (tertiary/aromatic N) is 1. The molecular formula is C13H12N2O4S. The van der Waals surface area contributed by atoms with Crippen molar-refractivity contribution in [2.24, 2.45) is 0 Å². The summed E-state index contributed by atoms with van der Waals surface area (Å²) in [6, 6.07) is 8.98. The smallest absolute Gasteiger partial charge is 0.307 e. The quantitative estimate of drug-likeness (QED) is 0.737. The lowest BCUT2D eigenvalue weighted by Crippen LogP contribution is -2.15. The molecule has 0 saturated carbocycles. The Morgan fingerprint density at radius 1 is 1.30 bits per heavy atom. The summed E-state index contributed by atoms with van der Waals surface area (Å²) in [6.07, 6.45) is 2.69. The number of benzene rings is 1. The van der Waals surface area contributed by atoms with Crippen LogP contribution in [0.25, 0.3) is 16.4 Å². The Morgan fingerprint density at radius 3 is 2.85 bits per heavy atom. The monoisotopic (exact) mass is 292 g/mol. The van der Waals surface area contributed by atoms with Gasteiger partial charge in [-0.3, -0.25) is 8.58 Å². The molecule has 0 fully saturated rings. The van der Waals surface area contributed by atoms with E-state index >= 15 is 0 Å². The minimum absolute atomic E-state index is 0.0526. The molecule has 0 aliphatic carbocycles. The summed E-state index contributed by atoms with van der Waals surface area (Å²) in [5, 5.41) is 0.887. The summed E-state index contributed by atoms with van der Waals surface area (Å²) < 4.78 is 28.2. The minimum atomic E-state index is -3.49. The second kappa shape index (κ2) is 4.46. The fourth-order valence-electron chi connectivity index (χ4n) is 2.14. The van der Waals surface area contributed by atoms with Gasteiger partial charge in [0.15, 0.2) is 0 Å². The van der Waals surface area contributed by atoms with Crippen molar-refractivity contribution in [3.05, 3.63) is 52.6 Å². The third-order valence-electron chi connectivity index (χ3n) is 3.01. The highest BCUT2D eigenvalue weighted by atomic mass is 32.2. The topological polar surface area (TPSA) is 80.6 Å². The molecule has 0 spiro atoms. The van der Waals surface area contributed by atoms with Crippen molar-refractivity contribution in [3.63, 3.8) is 0 Å². The molecule has 2 heterocycles. The molecule has 3 rings (SSSR count). The van der Waals surface area contributed by atoms with E-state index in [2.05, 4.69) is 4.98 Å². The van der Waals surface area contributed by atoms with E-state index in [0.717, 1.165) is 17.2 Å². The van der Waals surface area contributed by atoms with Crippen molar-refractivity contribution in [3.8, 4) is 0 Å². The molecule has 0 amide bonds. The molecule has 0 saturated heterocycles. The molecule has 6 nitrogen and oxygen atoms in total. The molecule has 0 unspecified atom stereocenters. The summed E-state index contributed by atoms with van der Waals surface area (Å²) in [7, 11) is -3.49. The SMILES string of the molecule is CS(=O)(=O)OCc1ccc2c(c1)[nH]c(=O)n1cccc21. The lowest BCUT2D eigenvalue weighted by molar-refractivity contribution is 0.312. The summed E-state index contributed by atoms with van der Waals surface area (Å²) in [5.41, 5.74) is 1.89. The van der Waals surface area contributed by atoms with Crippen LogP contribution in [0, 0.1) is 0 Å². The molecule has 20 heavy (non-hydrogen) atoms. The van der Waals surface area contributed by atoms with Crippen LogP contribution < -0.4 is 5.69 Å². The zero-order valence-electron chi connectivity index (χ0n) is 10.7. The number of nitrogens with one attached hydrogen (secondary N) is 1. The van der Waals surface area contributed by atoms with Gasteiger partial charge in [0.05, 0.1) is 23.9 Å². The van der Waals surface area contributed by atoms with Crippen molar-refractivity contribution in [1.29, 1.82) is 0 Å². The summed E-state index contributed by atoms with van der Waals surface area (Å²) in [5.74, 6) is 0. The Hall–Kier alpha value is -2.12. The van der Waals surface area contributed by atoms with Crippen LogP contribution in [0.1, 0.15) is 5.56 Å². The predicted molar refractivity (Wildman–Crippen MR) is 75.2 cm³/mol. The zero-order chi connectivity index (χ0) is 14.3. The lowest BCUT2D eigenvalue weighted by atomic mass is 10.1.